The fourth-order valence-electron chi connectivity index (χ4n) is 1.48. The molecule has 0 saturated carbocycles. The third kappa shape index (κ3) is 7.72. The summed E-state index contributed by atoms with van der Waals surface area (Å²) in [6, 6.07) is 0. The van der Waals surface area contributed by atoms with Gasteiger partial charge in [0.1, 0.15) is 5.82 Å². The van der Waals surface area contributed by atoms with Crippen LogP contribution in [0.1, 0.15) is 32.1 Å². The topological polar surface area (TPSA) is 54.5 Å². The average Bonchev–Trinajstić information content (AvgIpc) is 3.06. The Morgan fingerprint density at radius 1 is 0.905 bits per heavy atom. The van der Waals surface area contributed by atoms with Crippen molar-refractivity contribution in [1.82, 2.24) is 19.9 Å². The zero-order valence-electron chi connectivity index (χ0n) is 13.4. The first kappa shape index (κ1) is 17.5. The zero-order chi connectivity index (χ0) is 15.8. The first-order chi connectivity index (χ1) is 9.86. The molecule has 0 aliphatic carbocycles. The summed E-state index contributed by atoms with van der Waals surface area (Å²) in [5.41, 5.74) is 2.25. The second-order valence-corrected chi connectivity index (χ2v) is 7.15. The standard InChI is InChI=1S/C5H8N2.2C5H7NS/c1-4-3-6-5(2)7-4;1-4-3-7-5(2)6-4;1-4-3-6-5(2)7-4/h3H,1-2H3,(H,6,7);2*3H,1-2H3. The van der Waals surface area contributed by atoms with Gasteiger partial charge in [0.05, 0.1) is 10.0 Å². The van der Waals surface area contributed by atoms with E-state index in [9.17, 15) is 0 Å². The normalized spacial score (nSPS) is 9.43. The van der Waals surface area contributed by atoms with Gasteiger partial charge < -0.3 is 4.98 Å². The summed E-state index contributed by atoms with van der Waals surface area (Å²) in [6.45, 7) is 12.0. The summed E-state index contributed by atoms with van der Waals surface area (Å²) in [4.78, 5) is 16.4. The molecular formula is C15H22N4S2. The predicted octanol–water partition coefficient (Wildman–Crippen LogP) is 4.55. The molecule has 3 rings (SSSR count). The molecule has 114 valence electrons. The Balaban J connectivity index is 0.000000157. The lowest BCUT2D eigenvalue weighted by Crippen LogP contribution is -1.70. The van der Waals surface area contributed by atoms with Crippen LogP contribution in [0.4, 0.5) is 0 Å². The number of thiazole rings is 2. The second-order valence-electron chi connectivity index (χ2n) is 4.65. The minimum absolute atomic E-state index is 0.984. The minimum Gasteiger partial charge on any atom is -0.346 e. The highest BCUT2D eigenvalue weighted by Gasteiger charge is 1.86. The van der Waals surface area contributed by atoms with Crippen molar-refractivity contribution in [2.75, 3.05) is 0 Å². The molecule has 0 aliphatic rings. The third-order valence-corrected chi connectivity index (χ3v) is 4.02. The minimum atomic E-state index is 0.984. The molecule has 0 aliphatic heterocycles. The number of H-pyrrole nitrogens is 1. The third-order valence-electron chi connectivity index (χ3n) is 2.30. The van der Waals surface area contributed by atoms with E-state index in [4.69, 9.17) is 0 Å². The number of nitrogens with zero attached hydrogens (tertiary/aromatic N) is 3. The van der Waals surface area contributed by atoms with E-state index in [1.165, 1.54) is 4.88 Å². The van der Waals surface area contributed by atoms with Crippen molar-refractivity contribution in [3.05, 3.63) is 49.9 Å². The molecule has 6 heteroatoms. The van der Waals surface area contributed by atoms with Crippen LogP contribution in [0.2, 0.25) is 0 Å². The van der Waals surface area contributed by atoms with Crippen molar-refractivity contribution >= 4 is 22.7 Å². The van der Waals surface area contributed by atoms with Gasteiger partial charge in [0, 0.05) is 34.0 Å². The molecular weight excluding hydrogens is 300 g/mol. The van der Waals surface area contributed by atoms with Gasteiger partial charge in [-0.25, -0.2) is 15.0 Å². The summed E-state index contributed by atoms with van der Waals surface area (Å²) in [7, 11) is 0. The van der Waals surface area contributed by atoms with Gasteiger partial charge >= 0.3 is 0 Å². The second kappa shape index (κ2) is 8.69. The van der Waals surface area contributed by atoms with Gasteiger partial charge in [0.2, 0.25) is 0 Å². The van der Waals surface area contributed by atoms with Gasteiger partial charge in [-0.1, -0.05) is 0 Å². The lowest BCUT2D eigenvalue weighted by molar-refractivity contribution is 1.13. The zero-order valence-corrected chi connectivity index (χ0v) is 15.0. The first-order valence-corrected chi connectivity index (χ1v) is 8.32. The molecule has 21 heavy (non-hydrogen) atoms. The molecule has 0 bridgehead atoms. The monoisotopic (exact) mass is 322 g/mol. The summed E-state index contributed by atoms with van der Waals surface area (Å²) in [5.74, 6) is 0.984. The lowest BCUT2D eigenvalue weighted by Gasteiger charge is -1.74. The number of aromatic amines is 1. The Labute approximate surface area is 134 Å². The van der Waals surface area contributed by atoms with Crippen molar-refractivity contribution in [3.8, 4) is 0 Å². The summed E-state index contributed by atoms with van der Waals surface area (Å²) in [5, 5.41) is 4.35. The molecule has 0 fully saturated rings. The molecule has 0 unspecified atom stereocenters. The van der Waals surface area contributed by atoms with Gasteiger partial charge in [0.25, 0.3) is 0 Å². The molecule has 3 heterocycles. The SMILES string of the molecule is Cc1cnc(C)[nH]1.Cc1cnc(C)s1.Cc1csc(C)n1. The van der Waals surface area contributed by atoms with E-state index >= 15 is 0 Å². The Hall–Kier alpha value is -1.53. The maximum absolute atomic E-state index is 4.13. The van der Waals surface area contributed by atoms with Crippen molar-refractivity contribution in [2.24, 2.45) is 0 Å². The Morgan fingerprint density at radius 3 is 1.76 bits per heavy atom. The quantitative estimate of drug-likeness (QED) is 0.661. The highest BCUT2D eigenvalue weighted by Crippen LogP contribution is 2.07. The number of hydrogen-bond donors (Lipinski definition) is 1. The van der Waals surface area contributed by atoms with Gasteiger partial charge in [-0.05, 0) is 41.5 Å². The molecule has 0 saturated heterocycles. The highest BCUT2D eigenvalue weighted by molar-refractivity contribution is 7.11. The molecule has 0 radical (unpaired) electrons. The van der Waals surface area contributed by atoms with E-state index in [0.29, 0.717) is 0 Å². The molecule has 3 aromatic rings. The first-order valence-electron chi connectivity index (χ1n) is 6.62. The van der Waals surface area contributed by atoms with Crippen molar-refractivity contribution < 1.29 is 0 Å². The van der Waals surface area contributed by atoms with Crippen LogP contribution < -0.4 is 0 Å². The van der Waals surface area contributed by atoms with Crippen LogP contribution >= 0.6 is 22.7 Å². The van der Waals surface area contributed by atoms with E-state index in [-0.39, 0.29) is 0 Å². The number of rotatable bonds is 0. The average molecular weight is 323 g/mol. The van der Waals surface area contributed by atoms with Gasteiger partial charge in [-0.2, -0.15) is 0 Å². The number of hydrogen-bond acceptors (Lipinski definition) is 5. The maximum atomic E-state index is 4.13. The summed E-state index contributed by atoms with van der Waals surface area (Å²) >= 11 is 3.42. The maximum Gasteiger partial charge on any atom is 0.103 e. The molecule has 0 aromatic carbocycles. The van der Waals surface area contributed by atoms with E-state index in [0.717, 1.165) is 27.2 Å². The van der Waals surface area contributed by atoms with Crippen LogP contribution in [-0.2, 0) is 0 Å². The van der Waals surface area contributed by atoms with Gasteiger partial charge in [-0.3, -0.25) is 0 Å². The molecule has 4 nitrogen and oxygen atoms in total. The van der Waals surface area contributed by atoms with E-state index in [2.05, 4.69) is 32.2 Å². The summed E-state index contributed by atoms with van der Waals surface area (Å²) < 4.78 is 0. The smallest absolute Gasteiger partial charge is 0.103 e. The molecule has 0 spiro atoms. The van der Waals surface area contributed by atoms with Crippen LogP contribution in [0, 0.1) is 41.5 Å². The van der Waals surface area contributed by atoms with E-state index in [1.807, 2.05) is 47.0 Å². The number of imidazole rings is 1. The van der Waals surface area contributed by atoms with Crippen LogP contribution in [0.15, 0.2) is 17.8 Å². The summed E-state index contributed by atoms with van der Waals surface area (Å²) in [6.07, 6.45) is 3.70. The fourth-order valence-corrected chi connectivity index (χ4v) is 2.75. The van der Waals surface area contributed by atoms with Crippen molar-refractivity contribution in [1.29, 1.82) is 0 Å². The Morgan fingerprint density at radius 2 is 1.62 bits per heavy atom. The Bertz CT molecular complexity index is 512. The number of aromatic nitrogens is 4. The van der Waals surface area contributed by atoms with E-state index < -0.39 is 0 Å². The lowest BCUT2D eigenvalue weighted by atomic mass is 10.6. The molecule has 3 aromatic heterocycles. The highest BCUT2D eigenvalue weighted by atomic mass is 32.1. The van der Waals surface area contributed by atoms with Gasteiger partial charge in [-0.15, -0.1) is 22.7 Å². The largest absolute Gasteiger partial charge is 0.346 e. The molecule has 1 N–H and O–H groups in total. The van der Waals surface area contributed by atoms with Crippen LogP contribution in [0.5, 0.6) is 0 Å². The van der Waals surface area contributed by atoms with Crippen LogP contribution in [0.3, 0.4) is 0 Å². The molecule has 0 atom stereocenters. The van der Waals surface area contributed by atoms with Gasteiger partial charge in [0.15, 0.2) is 0 Å². The number of nitrogens with one attached hydrogen (secondary N) is 1. The van der Waals surface area contributed by atoms with E-state index in [1.54, 1.807) is 22.7 Å². The Kier molecular flexibility index (Phi) is 7.25. The van der Waals surface area contributed by atoms with Crippen molar-refractivity contribution in [2.45, 2.75) is 41.5 Å². The number of aryl methyl sites for hydroxylation is 6. The molecule has 0 amide bonds. The fraction of sp³-hybridized carbons (Fsp3) is 0.400. The van der Waals surface area contributed by atoms with Crippen molar-refractivity contribution in [3.63, 3.8) is 0 Å². The predicted molar refractivity (Wildman–Crippen MR) is 91.2 cm³/mol. The van der Waals surface area contributed by atoms with Crippen LogP contribution in [0.25, 0.3) is 0 Å². The van der Waals surface area contributed by atoms with Crippen LogP contribution in [-0.4, -0.2) is 19.9 Å².